The average Bonchev–Trinajstić information content (AvgIpc) is 2.55. The molecular formula is C18H19N3O. The van der Waals surface area contributed by atoms with Gasteiger partial charge in [0.05, 0.1) is 23.7 Å². The molecule has 112 valence electrons. The van der Waals surface area contributed by atoms with Crippen LogP contribution in [0, 0.1) is 11.3 Å². The van der Waals surface area contributed by atoms with Crippen molar-refractivity contribution in [1.29, 1.82) is 5.26 Å². The van der Waals surface area contributed by atoms with Crippen molar-refractivity contribution in [1.82, 2.24) is 10.6 Å². The van der Waals surface area contributed by atoms with Crippen LogP contribution in [-0.4, -0.2) is 6.03 Å². The van der Waals surface area contributed by atoms with Gasteiger partial charge < -0.3 is 10.6 Å². The standard InChI is InChI=1S/C18H19N3O/c1-13(16-6-4-3-5-7-16)20-18(22)21-14(2)17-10-8-15(12-19)9-11-17/h3-11,13-14H,1-2H3,(H2,20,21,22)/t13-,14+/m1/s1. The fraction of sp³-hybridized carbons (Fsp3) is 0.222. The number of nitrogens with zero attached hydrogens (tertiary/aromatic N) is 1. The van der Waals surface area contributed by atoms with Gasteiger partial charge in [0.25, 0.3) is 0 Å². The van der Waals surface area contributed by atoms with E-state index in [4.69, 9.17) is 5.26 Å². The zero-order valence-electron chi connectivity index (χ0n) is 12.7. The van der Waals surface area contributed by atoms with E-state index >= 15 is 0 Å². The molecule has 2 aromatic carbocycles. The molecule has 0 aromatic heterocycles. The summed E-state index contributed by atoms with van der Waals surface area (Å²) in [6.45, 7) is 3.86. The normalized spacial score (nSPS) is 12.8. The van der Waals surface area contributed by atoms with Gasteiger partial charge in [0, 0.05) is 0 Å². The Morgan fingerprint density at radius 1 is 0.909 bits per heavy atom. The van der Waals surface area contributed by atoms with Crippen LogP contribution in [0.4, 0.5) is 4.79 Å². The van der Waals surface area contributed by atoms with Crippen LogP contribution >= 0.6 is 0 Å². The summed E-state index contributed by atoms with van der Waals surface area (Å²) in [6, 6.07) is 18.7. The van der Waals surface area contributed by atoms with Crippen molar-refractivity contribution in [2.75, 3.05) is 0 Å². The summed E-state index contributed by atoms with van der Waals surface area (Å²) in [6.07, 6.45) is 0. The second kappa shape index (κ2) is 7.28. The van der Waals surface area contributed by atoms with Crippen LogP contribution in [0.15, 0.2) is 54.6 Å². The number of amides is 2. The fourth-order valence-corrected chi connectivity index (χ4v) is 2.19. The zero-order chi connectivity index (χ0) is 15.9. The predicted molar refractivity (Wildman–Crippen MR) is 86.1 cm³/mol. The van der Waals surface area contributed by atoms with E-state index in [2.05, 4.69) is 16.7 Å². The van der Waals surface area contributed by atoms with Crippen LogP contribution in [0.1, 0.15) is 42.6 Å². The number of nitrogens with one attached hydrogen (secondary N) is 2. The Labute approximate surface area is 130 Å². The Balaban J connectivity index is 1.92. The van der Waals surface area contributed by atoms with Gasteiger partial charge in [-0.1, -0.05) is 42.5 Å². The summed E-state index contributed by atoms with van der Waals surface area (Å²) in [5.74, 6) is 0. The lowest BCUT2D eigenvalue weighted by atomic mass is 10.1. The minimum Gasteiger partial charge on any atom is -0.332 e. The molecule has 0 aliphatic rings. The molecule has 0 saturated heterocycles. The van der Waals surface area contributed by atoms with Crippen molar-refractivity contribution in [3.05, 3.63) is 71.3 Å². The molecule has 0 fully saturated rings. The first kappa shape index (κ1) is 15.6. The van der Waals surface area contributed by atoms with E-state index in [1.54, 1.807) is 12.1 Å². The minimum absolute atomic E-state index is 0.0608. The van der Waals surface area contributed by atoms with E-state index in [0.29, 0.717) is 5.56 Å². The smallest absolute Gasteiger partial charge is 0.315 e. The average molecular weight is 293 g/mol. The molecule has 2 atom stereocenters. The van der Waals surface area contributed by atoms with Crippen LogP contribution in [0.3, 0.4) is 0 Å². The van der Waals surface area contributed by atoms with E-state index in [1.165, 1.54) is 0 Å². The maximum absolute atomic E-state index is 12.1. The second-order valence-electron chi connectivity index (χ2n) is 5.21. The molecule has 0 bridgehead atoms. The molecule has 22 heavy (non-hydrogen) atoms. The molecule has 2 aromatic rings. The van der Waals surface area contributed by atoms with Gasteiger partial charge in [0.2, 0.25) is 0 Å². The van der Waals surface area contributed by atoms with Crippen LogP contribution in [0.2, 0.25) is 0 Å². The van der Waals surface area contributed by atoms with Gasteiger partial charge in [-0.15, -0.1) is 0 Å². The van der Waals surface area contributed by atoms with Gasteiger partial charge in [-0.05, 0) is 37.1 Å². The molecule has 4 heteroatoms. The lowest BCUT2D eigenvalue weighted by molar-refractivity contribution is 0.235. The maximum Gasteiger partial charge on any atom is 0.315 e. The minimum atomic E-state index is -0.215. The summed E-state index contributed by atoms with van der Waals surface area (Å²) >= 11 is 0. The van der Waals surface area contributed by atoms with E-state index in [0.717, 1.165) is 11.1 Å². The van der Waals surface area contributed by atoms with Gasteiger partial charge in [-0.2, -0.15) is 5.26 Å². The maximum atomic E-state index is 12.1. The first-order valence-electron chi connectivity index (χ1n) is 7.22. The number of urea groups is 1. The third kappa shape index (κ3) is 4.10. The lowest BCUT2D eigenvalue weighted by Crippen LogP contribution is -2.38. The second-order valence-corrected chi connectivity index (χ2v) is 5.21. The molecule has 0 spiro atoms. The van der Waals surface area contributed by atoms with E-state index < -0.39 is 0 Å². The predicted octanol–water partition coefficient (Wildman–Crippen LogP) is 3.68. The Hall–Kier alpha value is -2.80. The van der Waals surface area contributed by atoms with Crippen molar-refractivity contribution < 1.29 is 4.79 Å². The Kier molecular flexibility index (Phi) is 5.16. The number of hydrogen-bond acceptors (Lipinski definition) is 2. The molecule has 0 heterocycles. The molecule has 0 aliphatic carbocycles. The quantitative estimate of drug-likeness (QED) is 0.903. The Morgan fingerprint density at radius 3 is 1.91 bits per heavy atom. The largest absolute Gasteiger partial charge is 0.332 e. The number of carbonyl (C=O) groups is 1. The molecule has 0 saturated carbocycles. The number of nitriles is 1. The highest BCUT2D eigenvalue weighted by atomic mass is 16.2. The summed E-state index contributed by atoms with van der Waals surface area (Å²) in [7, 11) is 0. The van der Waals surface area contributed by atoms with E-state index in [1.807, 2.05) is 56.3 Å². The van der Waals surface area contributed by atoms with Gasteiger partial charge in [-0.25, -0.2) is 4.79 Å². The fourth-order valence-electron chi connectivity index (χ4n) is 2.19. The van der Waals surface area contributed by atoms with Crippen molar-refractivity contribution in [2.24, 2.45) is 0 Å². The third-order valence-corrected chi connectivity index (χ3v) is 3.53. The van der Waals surface area contributed by atoms with Gasteiger partial charge in [-0.3, -0.25) is 0 Å². The first-order valence-corrected chi connectivity index (χ1v) is 7.22. The number of benzene rings is 2. The molecule has 4 nitrogen and oxygen atoms in total. The summed E-state index contributed by atoms with van der Waals surface area (Å²) < 4.78 is 0. The molecule has 2 amide bonds. The molecule has 0 unspecified atom stereocenters. The van der Waals surface area contributed by atoms with Crippen LogP contribution < -0.4 is 10.6 Å². The summed E-state index contributed by atoms with van der Waals surface area (Å²) in [4.78, 5) is 12.1. The highest BCUT2D eigenvalue weighted by molar-refractivity contribution is 5.74. The van der Waals surface area contributed by atoms with Crippen LogP contribution in [0.5, 0.6) is 0 Å². The highest BCUT2D eigenvalue weighted by Crippen LogP contribution is 2.14. The zero-order valence-corrected chi connectivity index (χ0v) is 12.7. The Morgan fingerprint density at radius 2 is 1.41 bits per heavy atom. The van der Waals surface area contributed by atoms with E-state index in [9.17, 15) is 4.79 Å². The molecule has 2 N–H and O–H groups in total. The number of rotatable bonds is 4. The summed E-state index contributed by atoms with van der Waals surface area (Å²) in [5.41, 5.74) is 2.63. The van der Waals surface area contributed by atoms with Gasteiger partial charge >= 0.3 is 6.03 Å². The highest BCUT2D eigenvalue weighted by Gasteiger charge is 2.12. The van der Waals surface area contributed by atoms with Crippen LogP contribution in [-0.2, 0) is 0 Å². The SMILES string of the molecule is C[C@H](NC(=O)N[C@H](C)c1ccccc1)c1ccc(C#N)cc1. The number of carbonyl (C=O) groups excluding carboxylic acids is 1. The molecule has 0 aliphatic heterocycles. The molecule has 0 radical (unpaired) electrons. The van der Waals surface area contributed by atoms with Crippen molar-refractivity contribution in [3.8, 4) is 6.07 Å². The Bertz CT molecular complexity index is 659. The van der Waals surface area contributed by atoms with Crippen molar-refractivity contribution >= 4 is 6.03 Å². The van der Waals surface area contributed by atoms with Gasteiger partial charge in [0.1, 0.15) is 0 Å². The van der Waals surface area contributed by atoms with E-state index in [-0.39, 0.29) is 18.1 Å². The number of hydrogen-bond donors (Lipinski definition) is 2. The van der Waals surface area contributed by atoms with Crippen molar-refractivity contribution in [2.45, 2.75) is 25.9 Å². The van der Waals surface area contributed by atoms with Crippen molar-refractivity contribution in [3.63, 3.8) is 0 Å². The van der Waals surface area contributed by atoms with Crippen LogP contribution in [0.25, 0.3) is 0 Å². The first-order chi connectivity index (χ1) is 10.6. The monoisotopic (exact) mass is 293 g/mol. The molecule has 2 rings (SSSR count). The summed E-state index contributed by atoms with van der Waals surface area (Å²) in [5, 5.41) is 14.6. The third-order valence-electron chi connectivity index (χ3n) is 3.53. The lowest BCUT2D eigenvalue weighted by Gasteiger charge is -2.18. The topological polar surface area (TPSA) is 64.9 Å². The van der Waals surface area contributed by atoms with Gasteiger partial charge in [0.15, 0.2) is 0 Å². The molecular weight excluding hydrogens is 274 g/mol.